The molecule has 2 rings (SSSR count). The van der Waals surface area contributed by atoms with Crippen LogP contribution in [0.3, 0.4) is 0 Å². The zero-order chi connectivity index (χ0) is 12.1. The zero-order valence-corrected chi connectivity index (χ0v) is 10.5. The van der Waals surface area contributed by atoms with E-state index in [0.29, 0.717) is 10.9 Å². The third kappa shape index (κ3) is 2.74. The zero-order valence-electron chi connectivity index (χ0n) is 9.54. The molecule has 88 valence electrons. The van der Waals surface area contributed by atoms with Crippen LogP contribution in [0.5, 0.6) is 5.75 Å². The van der Waals surface area contributed by atoms with E-state index in [0.717, 1.165) is 0 Å². The predicted molar refractivity (Wildman–Crippen MR) is 68.1 cm³/mol. The minimum atomic E-state index is -3.34. The SMILES string of the molecule is CO[Si](O)(Oc1ccccc1)c1ccccc1. The molecule has 1 atom stereocenters. The summed E-state index contributed by atoms with van der Waals surface area (Å²) in [5, 5.41) is 0.686. The maximum absolute atomic E-state index is 10.4. The maximum Gasteiger partial charge on any atom is 0.599 e. The fraction of sp³-hybridized carbons (Fsp3) is 0.0769. The molecule has 0 saturated carbocycles. The van der Waals surface area contributed by atoms with Gasteiger partial charge < -0.3 is 13.6 Å². The van der Waals surface area contributed by atoms with Crippen molar-refractivity contribution in [1.29, 1.82) is 0 Å². The van der Waals surface area contributed by atoms with Crippen LogP contribution in [0.4, 0.5) is 0 Å². The maximum atomic E-state index is 10.4. The van der Waals surface area contributed by atoms with Crippen molar-refractivity contribution in [2.75, 3.05) is 7.11 Å². The first-order chi connectivity index (χ1) is 8.24. The van der Waals surface area contributed by atoms with E-state index in [4.69, 9.17) is 8.85 Å². The second kappa shape index (κ2) is 5.14. The normalized spacial score (nSPS) is 14.0. The lowest BCUT2D eigenvalue weighted by Gasteiger charge is -2.22. The van der Waals surface area contributed by atoms with Crippen LogP contribution in [-0.2, 0) is 4.43 Å². The average molecular weight is 246 g/mol. The summed E-state index contributed by atoms with van der Waals surface area (Å²) in [5.74, 6) is 0.604. The molecule has 0 aliphatic heterocycles. The molecule has 0 radical (unpaired) electrons. The van der Waals surface area contributed by atoms with Crippen molar-refractivity contribution >= 4 is 14.0 Å². The van der Waals surface area contributed by atoms with Gasteiger partial charge in [0.15, 0.2) is 0 Å². The second-order valence-electron chi connectivity index (χ2n) is 3.57. The van der Waals surface area contributed by atoms with Gasteiger partial charge in [0.1, 0.15) is 5.75 Å². The molecule has 0 fully saturated rings. The minimum Gasteiger partial charge on any atom is -0.498 e. The highest BCUT2D eigenvalue weighted by atomic mass is 28.4. The molecule has 0 aromatic heterocycles. The molecule has 0 aliphatic carbocycles. The van der Waals surface area contributed by atoms with Crippen LogP contribution in [-0.4, -0.2) is 20.7 Å². The van der Waals surface area contributed by atoms with Crippen LogP contribution in [0.25, 0.3) is 0 Å². The van der Waals surface area contributed by atoms with Crippen LogP contribution in [0.1, 0.15) is 0 Å². The Hall–Kier alpha value is -1.62. The average Bonchev–Trinajstić information content (AvgIpc) is 2.41. The van der Waals surface area contributed by atoms with Gasteiger partial charge in [-0.05, 0) is 12.1 Å². The molecule has 0 heterocycles. The van der Waals surface area contributed by atoms with E-state index in [1.807, 2.05) is 36.4 Å². The smallest absolute Gasteiger partial charge is 0.498 e. The van der Waals surface area contributed by atoms with Gasteiger partial charge in [-0.2, -0.15) is 0 Å². The van der Waals surface area contributed by atoms with Crippen molar-refractivity contribution in [2.45, 2.75) is 0 Å². The van der Waals surface area contributed by atoms with Crippen molar-refractivity contribution in [3.05, 3.63) is 60.7 Å². The van der Waals surface area contributed by atoms with E-state index in [9.17, 15) is 4.80 Å². The Balaban J connectivity index is 2.27. The minimum absolute atomic E-state index is 0.604. The quantitative estimate of drug-likeness (QED) is 0.832. The Morgan fingerprint density at radius 1 is 0.882 bits per heavy atom. The largest absolute Gasteiger partial charge is 0.599 e. The fourth-order valence-corrected chi connectivity index (χ4v) is 3.02. The standard InChI is InChI=1S/C13H14O3Si/c1-15-17(14,13-10-6-3-7-11-13)16-12-8-4-2-5-9-12/h2-11,14H,1H3. The van der Waals surface area contributed by atoms with Crippen LogP contribution in [0.15, 0.2) is 60.7 Å². The van der Waals surface area contributed by atoms with E-state index >= 15 is 0 Å². The summed E-state index contributed by atoms with van der Waals surface area (Å²) in [6.45, 7) is 0. The number of hydrogen-bond donors (Lipinski definition) is 1. The van der Waals surface area contributed by atoms with Crippen LogP contribution >= 0.6 is 0 Å². The van der Waals surface area contributed by atoms with Crippen molar-refractivity contribution in [3.8, 4) is 5.75 Å². The van der Waals surface area contributed by atoms with Gasteiger partial charge >= 0.3 is 8.80 Å². The monoisotopic (exact) mass is 246 g/mol. The third-order valence-electron chi connectivity index (χ3n) is 2.41. The van der Waals surface area contributed by atoms with Gasteiger partial charge in [-0.3, -0.25) is 0 Å². The van der Waals surface area contributed by atoms with Crippen molar-refractivity contribution in [3.63, 3.8) is 0 Å². The molecule has 2 aromatic rings. The Bertz CT molecular complexity index is 461. The van der Waals surface area contributed by atoms with Crippen LogP contribution in [0.2, 0.25) is 0 Å². The van der Waals surface area contributed by atoms with E-state index in [-0.39, 0.29) is 0 Å². The summed E-state index contributed by atoms with van der Waals surface area (Å²) in [6.07, 6.45) is 0. The number of para-hydroxylation sites is 1. The van der Waals surface area contributed by atoms with Gasteiger partial charge in [0.2, 0.25) is 0 Å². The van der Waals surface area contributed by atoms with Gasteiger partial charge in [0.05, 0.1) is 0 Å². The number of rotatable bonds is 4. The van der Waals surface area contributed by atoms with Crippen molar-refractivity contribution in [2.24, 2.45) is 0 Å². The lowest BCUT2D eigenvalue weighted by Crippen LogP contribution is -2.56. The second-order valence-corrected chi connectivity index (χ2v) is 5.92. The molecule has 2 aromatic carbocycles. The molecule has 0 bridgehead atoms. The van der Waals surface area contributed by atoms with Gasteiger partial charge in [-0.15, -0.1) is 0 Å². The summed E-state index contributed by atoms with van der Waals surface area (Å²) in [5.41, 5.74) is 0. The first-order valence-electron chi connectivity index (χ1n) is 5.32. The summed E-state index contributed by atoms with van der Waals surface area (Å²) in [4.78, 5) is 10.4. The topological polar surface area (TPSA) is 38.7 Å². The molecular weight excluding hydrogens is 232 g/mol. The Morgan fingerprint density at radius 2 is 1.41 bits per heavy atom. The van der Waals surface area contributed by atoms with Crippen molar-refractivity contribution in [1.82, 2.24) is 0 Å². The Morgan fingerprint density at radius 3 is 1.94 bits per heavy atom. The van der Waals surface area contributed by atoms with Gasteiger partial charge in [-0.25, -0.2) is 0 Å². The highest BCUT2D eigenvalue weighted by Gasteiger charge is 2.41. The Labute approximate surface area is 102 Å². The van der Waals surface area contributed by atoms with Crippen LogP contribution < -0.4 is 9.61 Å². The highest BCUT2D eigenvalue weighted by molar-refractivity contribution is 6.74. The van der Waals surface area contributed by atoms with Gasteiger partial charge in [0.25, 0.3) is 0 Å². The predicted octanol–water partition coefficient (Wildman–Crippen LogP) is 1.55. The molecule has 1 N–H and O–H groups in total. The first-order valence-corrected chi connectivity index (χ1v) is 7.08. The molecule has 3 nitrogen and oxygen atoms in total. The number of hydrogen-bond acceptors (Lipinski definition) is 3. The summed E-state index contributed by atoms with van der Waals surface area (Å²) in [6, 6.07) is 18.4. The van der Waals surface area contributed by atoms with Gasteiger partial charge in [0, 0.05) is 12.3 Å². The molecule has 0 spiro atoms. The van der Waals surface area contributed by atoms with E-state index in [1.165, 1.54) is 7.11 Å². The first kappa shape index (κ1) is 11.9. The molecule has 0 aliphatic rings. The lowest BCUT2D eigenvalue weighted by molar-refractivity contribution is 0.213. The van der Waals surface area contributed by atoms with Gasteiger partial charge in [-0.1, -0.05) is 48.5 Å². The summed E-state index contributed by atoms with van der Waals surface area (Å²) in [7, 11) is -1.88. The summed E-state index contributed by atoms with van der Waals surface area (Å²) >= 11 is 0. The van der Waals surface area contributed by atoms with E-state index in [1.54, 1.807) is 24.3 Å². The highest BCUT2D eigenvalue weighted by Crippen LogP contribution is 2.14. The Kier molecular flexibility index (Phi) is 3.58. The van der Waals surface area contributed by atoms with E-state index < -0.39 is 8.80 Å². The lowest BCUT2D eigenvalue weighted by atomic mass is 10.3. The fourth-order valence-electron chi connectivity index (χ4n) is 1.52. The van der Waals surface area contributed by atoms with Crippen LogP contribution in [0, 0.1) is 0 Å². The molecule has 4 heteroatoms. The summed E-state index contributed by atoms with van der Waals surface area (Å²) < 4.78 is 10.8. The molecular formula is C13H14O3Si. The van der Waals surface area contributed by atoms with Crippen molar-refractivity contribution < 1.29 is 13.6 Å². The molecule has 0 amide bonds. The molecule has 1 unspecified atom stereocenters. The number of benzene rings is 2. The molecule has 17 heavy (non-hydrogen) atoms. The third-order valence-corrected chi connectivity index (χ3v) is 4.54. The molecule has 0 saturated heterocycles. The van der Waals surface area contributed by atoms with E-state index in [2.05, 4.69) is 0 Å².